The van der Waals surface area contributed by atoms with Gasteiger partial charge in [0.1, 0.15) is 0 Å². The van der Waals surface area contributed by atoms with Crippen molar-refractivity contribution in [2.24, 2.45) is 0 Å². The number of thioether (sulfide) groups is 1. The van der Waals surface area contributed by atoms with Gasteiger partial charge in [0, 0.05) is 17.1 Å². The Morgan fingerprint density at radius 3 is 2.52 bits per heavy atom. The molecule has 0 aliphatic heterocycles. The van der Waals surface area contributed by atoms with Gasteiger partial charge in [0.2, 0.25) is 11.8 Å². The third kappa shape index (κ3) is 4.28. The molecule has 6 nitrogen and oxygen atoms in total. The van der Waals surface area contributed by atoms with Crippen LogP contribution in [0.15, 0.2) is 52.0 Å². The topological polar surface area (TPSA) is 69.6 Å². The van der Waals surface area contributed by atoms with Crippen LogP contribution in [0.5, 0.6) is 0 Å². The lowest BCUT2D eigenvalue weighted by atomic mass is 10.2. The maximum absolute atomic E-state index is 6.31. The van der Waals surface area contributed by atoms with Crippen molar-refractivity contribution in [3.05, 3.63) is 63.4 Å². The second kappa shape index (κ2) is 8.75. The number of benzene rings is 2. The van der Waals surface area contributed by atoms with Crippen LogP contribution in [-0.4, -0.2) is 25.0 Å². The number of aromatic nitrogens is 5. The molecule has 148 valence electrons. The normalized spacial score (nSPS) is 11.2. The third-order valence-electron chi connectivity index (χ3n) is 4.10. The number of rotatable bonds is 6. The molecule has 2 heterocycles. The van der Waals surface area contributed by atoms with Crippen LogP contribution < -0.4 is 0 Å². The van der Waals surface area contributed by atoms with Crippen LogP contribution >= 0.6 is 46.6 Å². The molecule has 0 unspecified atom stereocenters. The van der Waals surface area contributed by atoms with Crippen molar-refractivity contribution in [1.82, 2.24) is 25.0 Å². The molecule has 0 fully saturated rings. The van der Waals surface area contributed by atoms with Crippen molar-refractivity contribution in [2.75, 3.05) is 0 Å². The van der Waals surface area contributed by atoms with Gasteiger partial charge in [0.25, 0.3) is 0 Å². The van der Waals surface area contributed by atoms with E-state index < -0.39 is 0 Å². The third-order valence-corrected chi connectivity index (χ3v) is 5.93. The van der Waals surface area contributed by atoms with Crippen LogP contribution in [0.3, 0.4) is 0 Å². The lowest BCUT2D eigenvalue weighted by Crippen LogP contribution is -2.00. The second-order valence-electron chi connectivity index (χ2n) is 5.94. The van der Waals surface area contributed by atoms with Crippen LogP contribution in [0.4, 0.5) is 0 Å². The van der Waals surface area contributed by atoms with Gasteiger partial charge < -0.3 is 8.98 Å². The summed E-state index contributed by atoms with van der Waals surface area (Å²) in [6.07, 6.45) is 0. The molecule has 0 aliphatic carbocycles. The highest BCUT2D eigenvalue weighted by atomic mass is 35.5. The van der Waals surface area contributed by atoms with Gasteiger partial charge in [-0.2, -0.15) is 0 Å². The van der Waals surface area contributed by atoms with Gasteiger partial charge in [-0.05, 0) is 37.3 Å². The van der Waals surface area contributed by atoms with Crippen molar-refractivity contribution < 1.29 is 4.42 Å². The van der Waals surface area contributed by atoms with Gasteiger partial charge in [0.15, 0.2) is 11.0 Å². The zero-order valence-corrected chi connectivity index (χ0v) is 18.2. The molecule has 0 atom stereocenters. The summed E-state index contributed by atoms with van der Waals surface area (Å²) >= 11 is 19.9. The zero-order valence-electron chi connectivity index (χ0n) is 15.1. The highest BCUT2D eigenvalue weighted by Gasteiger charge is 2.17. The Bertz CT molecular complexity index is 1160. The van der Waals surface area contributed by atoms with Gasteiger partial charge in [-0.1, -0.05) is 58.7 Å². The monoisotopic (exact) mass is 465 g/mol. The summed E-state index contributed by atoms with van der Waals surface area (Å²) in [6, 6.07) is 12.7. The Kier molecular flexibility index (Phi) is 6.10. The van der Waals surface area contributed by atoms with Gasteiger partial charge >= 0.3 is 0 Å². The van der Waals surface area contributed by atoms with Crippen LogP contribution in [-0.2, 0) is 12.3 Å². The van der Waals surface area contributed by atoms with Crippen molar-refractivity contribution in [1.29, 1.82) is 0 Å². The highest BCUT2D eigenvalue weighted by Crippen LogP contribution is 2.32. The molecular formula is C19H14Cl3N5OS. The van der Waals surface area contributed by atoms with E-state index in [1.165, 1.54) is 11.8 Å². The summed E-state index contributed by atoms with van der Waals surface area (Å²) in [7, 11) is 0. The van der Waals surface area contributed by atoms with Crippen LogP contribution in [0, 0.1) is 0 Å². The molecule has 2 aromatic carbocycles. The van der Waals surface area contributed by atoms with Crippen molar-refractivity contribution in [3.63, 3.8) is 0 Å². The molecule has 0 saturated heterocycles. The van der Waals surface area contributed by atoms with E-state index >= 15 is 0 Å². The molecular weight excluding hydrogens is 453 g/mol. The fraction of sp³-hybridized carbons (Fsp3) is 0.158. The SMILES string of the molecule is CCn1c(SCc2nnc(-c3ccc(Cl)cc3Cl)o2)nnc1-c1ccccc1Cl. The van der Waals surface area contributed by atoms with Crippen molar-refractivity contribution in [2.45, 2.75) is 24.4 Å². The molecule has 4 rings (SSSR count). The second-order valence-corrected chi connectivity index (χ2v) is 8.14. The predicted molar refractivity (Wildman–Crippen MR) is 115 cm³/mol. The van der Waals surface area contributed by atoms with E-state index in [0.717, 1.165) is 16.5 Å². The average Bonchev–Trinajstić information content (AvgIpc) is 3.33. The standard InChI is InChI=1S/C19H14Cl3N5OS/c1-2-27-17(12-5-3-4-6-14(12)21)24-26-19(27)29-10-16-23-25-18(28-16)13-8-7-11(20)9-15(13)22/h3-9H,2,10H2,1H3. The van der Waals surface area contributed by atoms with E-state index in [4.69, 9.17) is 39.2 Å². The van der Waals surface area contributed by atoms with Crippen LogP contribution in [0.25, 0.3) is 22.8 Å². The molecule has 0 spiro atoms. The smallest absolute Gasteiger partial charge is 0.249 e. The first-order valence-electron chi connectivity index (χ1n) is 8.65. The summed E-state index contributed by atoms with van der Waals surface area (Å²) in [5, 5.41) is 19.2. The van der Waals surface area contributed by atoms with E-state index in [1.54, 1.807) is 18.2 Å². The van der Waals surface area contributed by atoms with Gasteiger partial charge in [0.05, 0.1) is 21.4 Å². The fourth-order valence-electron chi connectivity index (χ4n) is 2.73. The maximum Gasteiger partial charge on any atom is 0.249 e. The van der Waals surface area contributed by atoms with Gasteiger partial charge in [-0.25, -0.2) is 0 Å². The largest absolute Gasteiger partial charge is 0.420 e. The summed E-state index contributed by atoms with van der Waals surface area (Å²) in [4.78, 5) is 0. The first-order valence-corrected chi connectivity index (χ1v) is 10.8. The number of hydrogen-bond acceptors (Lipinski definition) is 6. The maximum atomic E-state index is 6.31. The minimum Gasteiger partial charge on any atom is -0.420 e. The number of nitrogens with zero attached hydrogens (tertiary/aromatic N) is 5. The van der Waals surface area contributed by atoms with Gasteiger partial charge in [-0.3, -0.25) is 0 Å². The Labute approximate surface area is 186 Å². The molecule has 29 heavy (non-hydrogen) atoms. The molecule has 2 aromatic heterocycles. The van der Waals surface area contributed by atoms with Crippen molar-refractivity contribution in [3.8, 4) is 22.8 Å². The summed E-state index contributed by atoms with van der Waals surface area (Å²) in [5.41, 5.74) is 1.48. The first-order chi connectivity index (χ1) is 14.1. The molecule has 10 heteroatoms. The Hall–Kier alpha value is -2.06. The molecule has 0 saturated carbocycles. The summed E-state index contributed by atoms with van der Waals surface area (Å²) < 4.78 is 7.75. The first kappa shape index (κ1) is 20.2. The molecule has 4 aromatic rings. The van der Waals surface area contributed by atoms with E-state index in [0.29, 0.717) is 44.7 Å². The number of halogens is 3. The Balaban J connectivity index is 1.53. The minimum absolute atomic E-state index is 0.344. The molecule has 0 radical (unpaired) electrons. The highest BCUT2D eigenvalue weighted by molar-refractivity contribution is 7.98. The minimum atomic E-state index is 0.344. The average molecular weight is 467 g/mol. The van der Waals surface area contributed by atoms with E-state index in [2.05, 4.69) is 20.4 Å². The predicted octanol–water partition coefficient (Wildman–Crippen LogP) is 6.27. The zero-order chi connectivity index (χ0) is 20.4. The van der Waals surface area contributed by atoms with Crippen LogP contribution in [0.2, 0.25) is 15.1 Å². The Morgan fingerprint density at radius 1 is 0.931 bits per heavy atom. The lowest BCUT2D eigenvalue weighted by molar-refractivity contribution is 0.528. The van der Waals surface area contributed by atoms with E-state index in [-0.39, 0.29) is 0 Å². The van der Waals surface area contributed by atoms with Crippen LogP contribution in [0.1, 0.15) is 12.8 Å². The van der Waals surface area contributed by atoms with E-state index in [9.17, 15) is 0 Å². The Morgan fingerprint density at radius 2 is 1.76 bits per heavy atom. The number of hydrogen-bond donors (Lipinski definition) is 0. The molecule has 0 amide bonds. The lowest BCUT2D eigenvalue weighted by Gasteiger charge is -2.07. The molecule has 0 aliphatic rings. The molecule has 0 N–H and O–H groups in total. The summed E-state index contributed by atoms with van der Waals surface area (Å²) in [5.74, 6) is 1.97. The van der Waals surface area contributed by atoms with Crippen molar-refractivity contribution >= 4 is 46.6 Å². The van der Waals surface area contributed by atoms with Gasteiger partial charge in [-0.15, -0.1) is 20.4 Å². The fourth-order valence-corrected chi connectivity index (χ4v) is 4.28. The molecule has 0 bridgehead atoms. The quantitative estimate of drug-likeness (QED) is 0.312. The van der Waals surface area contributed by atoms with E-state index in [1.807, 2.05) is 35.8 Å². The summed E-state index contributed by atoms with van der Waals surface area (Å²) in [6.45, 7) is 2.73.